The molecule has 0 aliphatic carbocycles. The molecule has 0 bridgehead atoms. The van der Waals surface area contributed by atoms with Gasteiger partial charge in [-0.25, -0.2) is 8.78 Å². The van der Waals surface area contributed by atoms with Crippen molar-refractivity contribution >= 4 is 18.2 Å². The highest BCUT2D eigenvalue weighted by atomic mass is 19.1. The van der Waals surface area contributed by atoms with Gasteiger partial charge in [0.1, 0.15) is 29.6 Å². The molecule has 6 nitrogen and oxygen atoms in total. The first-order chi connectivity index (χ1) is 13.6. The maximum absolute atomic E-state index is 13.7. The normalized spacial score (nSPS) is 11.2. The van der Waals surface area contributed by atoms with E-state index in [9.17, 15) is 18.4 Å². The Morgan fingerprint density at radius 1 is 1.28 bits per heavy atom. The highest BCUT2D eigenvalue weighted by Crippen LogP contribution is 2.20. The summed E-state index contributed by atoms with van der Waals surface area (Å²) >= 11 is 0. The molecule has 0 atom stereocenters. The SMILES string of the molecule is C=N/C(=C\C(=C(C)C)n1c(C)cc(OCc2ncc(F)cc2F)cc1=O)C(C)=O. The van der Waals surface area contributed by atoms with E-state index in [1.54, 1.807) is 26.8 Å². The fourth-order valence-corrected chi connectivity index (χ4v) is 2.59. The van der Waals surface area contributed by atoms with Gasteiger partial charge in [-0.2, -0.15) is 0 Å². The molecule has 0 amide bonds. The maximum atomic E-state index is 13.7. The van der Waals surface area contributed by atoms with Crippen LogP contribution >= 0.6 is 0 Å². The van der Waals surface area contributed by atoms with Crippen LogP contribution in [0.15, 0.2) is 51.5 Å². The quantitative estimate of drug-likeness (QED) is 0.402. The number of ketones is 1. The molecule has 8 heteroatoms. The largest absolute Gasteiger partial charge is 0.487 e. The van der Waals surface area contributed by atoms with Gasteiger partial charge in [-0.05, 0) is 33.6 Å². The van der Waals surface area contributed by atoms with E-state index in [2.05, 4.69) is 16.7 Å². The number of pyridine rings is 2. The molecule has 2 heterocycles. The lowest BCUT2D eigenvalue weighted by Crippen LogP contribution is -2.21. The van der Waals surface area contributed by atoms with Crippen molar-refractivity contribution in [2.45, 2.75) is 34.3 Å². The van der Waals surface area contributed by atoms with Gasteiger partial charge in [0, 0.05) is 36.5 Å². The van der Waals surface area contributed by atoms with E-state index in [1.807, 2.05) is 0 Å². The standard InChI is InChI=1S/C21H21F2N3O3/c1-12(2)20(9-18(24-5)14(4)27)26-13(3)6-16(8-21(26)28)29-11-19-17(23)7-15(22)10-25-19/h6-10H,5,11H2,1-4H3/b18-9-. The average molecular weight is 401 g/mol. The highest BCUT2D eigenvalue weighted by molar-refractivity contribution is 5.95. The molecule has 0 aliphatic heterocycles. The van der Waals surface area contributed by atoms with E-state index < -0.39 is 17.2 Å². The molecule has 152 valence electrons. The Morgan fingerprint density at radius 2 is 1.97 bits per heavy atom. The molecule has 0 unspecified atom stereocenters. The summed E-state index contributed by atoms with van der Waals surface area (Å²) in [6.45, 7) is 9.76. The van der Waals surface area contributed by atoms with Crippen LogP contribution < -0.4 is 10.3 Å². The van der Waals surface area contributed by atoms with Crippen LogP contribution in [0.2, 0.25) is 0 Å². The molecule has 0 aromatic carbocycles. The van der Waals surface area contributed by atoms with Crippen molar-refractivity contribution in [1.29, 1.82) is 0 Å². The zero-order valence-corrected chi connectivity index (χ0v) is 16.6. The van der Waals surface area contributed by atoms with Crippen molar-refractivity contribution in [3.8, 4) is 5.75 Å². The topological polar surface area (TPSA) is 73.5 Å². The van der Waals surface area contributed by atoms with Gasteiger partial charge in [-0.15, -0.1) is 0 Å². The third-order valence-corrected chi connectivity index (χ3v) is 4.01. The third-order valence-electron chi connectivity index (χ3n) is 4.01. The number of aromatic nitrogens is 2. The molecular formula is C21H21F2N3O3. The fraction of sp³-hybridized carbons (Fsp3) is 0.238. The summed E-state index contributed by atoms with van der Waals surface area (Å²) in [4.78, 5) is 31.7. The maximum Gasteiger partial charge on any atom is 0.258 e. The van der Waals surface area contributed by atoms with E-state index in [0.29, 0.717) is 17.5 Å². The molecule has 0 saturated carbocycles. The summed E-state index contributed by atoms with van der Waals surface area (Å²) in [5.41, 5.74) is 1.44. The van der Waals surface area contributed by atoms with Crippen LogP contribution in [0, 0.1) is 18.6 Å². The smallest absolute Gasteiger partial charge is 0.258 e. The highest BCUT2D eigenvalue weighted by Gasteiger charge is 2.13. The molecule has 0 spiro atoms. The average Bonchev–Trinajstić information content (AvgIpc) is 2.62. The van der Waals surface area contributed by atoms with Crippen LogP contribution in [0.4, 0.5) is 8.78 Å². The van der Waals surface area contributed by atoms with Crippen molar-refractivity contribution in [2.24, 2.45) is 4.99 Å². The number of allylic oxidation sites excluding steroid dienone is 4. The van der Waals surface area contributed by atoms with Crippen LogP contribution in [0.3, 0.4) is 0 Å². The zero-order chi connectivity index (χ0) is 21.7. The number of Topliss-reactive ketones (excluding diaryl/α,β-unsaturated/α-hetero) is 1. The Labute approximate surface area is 166 Å². The van der Waals surface area contributed by atoms with Crippen LogP contribution in [0.1, 0.15) is 32.2 Å². The lowest BCUT2D eigenvalue weighted by molar-refractivity contribution is -0.113. The van der Waals surface area contributed by atoms with Gasteiger partial charge in [-0.3, -0.25) is 24.1 Å². The minimum Gasteiger partial charge on any atom is -0.487 e. The summed E-state index contributed by atoms with van der Waals surface area (Å²) in [6.07, 6.45) is 2.39. The molecule has 0 fully saturated rings. The van der Waals surface area contributed by atoms with E-state index in [4.69, 9.17) is 4.74 Å². The van der Waals surface area contributed by atoms with Gasteiger partial charge < -0.3 is 4.74 Å². The molecule has 0 aliphatic rings. The number of aryl methyl sites for hydroxylation is 1. The van der Waals surface area contributed by atoms with E-state index >= 15 is 0 Å². The number of carbonyl (C=O) groups excluding carboxylic acids is 1. The number of halogens is 2. The van der Waals surface area contributed by atoms with Gasteiger partial charge in [0.2, 0.25) is 0 Å². The lowest BCUT2D eigenvalue weighted by Gasteiger charge is -2.15. The van der Waals surface area contributed by atoms with Gasteiger partial charge in [-0.1, -0.05) is 5.57 Å². The van der Waals surface area contributed by atoms with Crippen LogP contribution in [-0.2, 0) is 11.4 Å². The van der Waals surface area contributed by atoms with Crippen molar-refractivity contribution in [3.63, 3.8) is 0 Å². The number of hydrogen-bond donors (Lipinski definition) is 0. The van der Waals surface area contributed by atoms with Crippen molar-refractivity contribution in [1.82, 2.24) is 9.55 Å². The van der Waals surface area contributed by atoms with Crippen LogP contribution in [-0.4, -0.2) is 22.1 Å². The van der Waals surface area contributed by atoms with Crippen LogP contribution in [0.25, 0.3) is 5.70 Å². The number of hydrogen-bond acceptors (Lipinski definition) is 5. The van der Waals surface area contributed by atoms with E-state index in [-0.39, 0.29) is 29.5 Å². The van der Waals surface area contributed by atoms with E-state index in [1.165, 1.54) is 23.6 Å². The summed E-state index contributed by atoms with van der Waals surface area (Å²) < 4.78 is 33.5. The predicted molar refractivity (Wildman–Crippen MR) is 107 cm³/mol. The minimum atomic E-state index is -0.833. The fourth-order valence-electron chi connectivity index (χ4n) is 2.59. The lowest BCUT2D eigenvalue weighted by atomic mass is 10.1. The number of ether oxygens (including phenoxy) is 1. The van der Waals surface area contributed by atoms with Gasteiger partial charge in [0.25, 0.3) is 5.56 Å². The van der Waals surface area contributed by atoms with Crippen LogP contribution in [0.5, 0.6) is 5.75 Å². The second-order valence-electron chi connectivity index (χ2n) is 6.51. The molecule has 2 aromatic rings. The van der Waals surface area contributed by atoms with Gasteiger partial charge in [0.15, 0.2) is 11.6 Å². The van der Waals surface area contributed by atoms with Gasteiger partial charge in [0.05, 0.1) is 6.20 Å². The number of aliphatic imine (C=N–C) groups is 1. The molecule has 0 saturated heterocycles. The predicted octanol–water partition coefficient (Wildman–Crippen LogP) is 3.83. The van der Waals surface area contributed by atoms with Crippen molar-refractivity contribution in [3.05, 3.63) is 75.1 Å². The molecular weight excluding hydrogens is 380 g/mol. The molecule has 29 heavy (non-hydrogen) atoms. The summed E-state index contributed by atoms with van der Waals surface area (Å²) in [5.74, 6) is -1.69. The summed E-state index contributed by atoms with van der Waals surface area (Å²) in [5, 5.41) is 0. The van der Waals surface area contributed by atoms with Crippen molar-refractivity contribution in [2.75, 3.05) is 0 Å². The summed E-state index contributed by atoms with van der Waals surface area (Å²) in [6, 6.07) is 3.54. The minimum absolute atomic E-state index is 0.0793. The van der Waals surface area contributed by atoms with Gasteiger partial charge >= 0.3 is 0 Å². The third kappa shape index (κ3) is 5.31. The first kappa shape index (κ1) is 21.9. The molecule has 2 aromatic heterocycles. The number of rotatable bonds is 7. The zero-order valence-electron chi connectivity index (χ0n) is 16.6. The Kier molecular flexibility index (Phi) is 6.93. The van der Waals surface area contributed by atoms with Crippen molar-refractivity contribution < 1.29 is 18.3 Å². The molecule has 0 N–H and O–H groups in total. The first-order valence-electron chi connectivity index (χ1n) is 8.67. The monoisotopic (exact) mass is 401 g/mol. The molecule has 0 radical (unpaired) electrons. The Balaban J connectivity index is 2.40. The second-order valence-corrected chi connectivity index (χ2v) is 6.51. The Bertz CT molecular complexity index is 1080. The molecule has 2 rings (SSSR count). The number of carbonyl (C=O) groups is 1. The first-order valence-corrected chi connectivity index (χ1v) is 8.67. The van der Waals surface area contributed by atoms with E-state index in [0.717, 1.165) is 11.8 Å². The second kappa shape index (κ2) is 9.18. The Hall–Kier alpha value is -3.42. The summed E-state index contributed by atoms with van der Waals surface area (Å²) in [7, 11) is 0. The number of nitrogens with zero attached hydrogens (tertiary/aromatic N) is 3. The Morgan fingerprint density at radius 3 is 2.48 bits per heavy atom.